The van der Waals surface area contributed by atoms with Crippen molar-refractivity contribution in [3.8, 4) is 0 Å². The summed E-state index contributed by atoms with van der Waals surface area (Å²) in [6.07, 6.45) is 1.19. The number of aliphatic hydroxyl groups excluding tert-OH is 1. The van der Waals surface area contributed by atoms with Gasteiger partial charge in [-0.1, -0.05) is 18.2 Å². The van der Waals surface area contributed by atoms with Crippen LogP contribution in [0.2, 0.25) is 0 Å². The predicted octanol–water partition coefficient (Wildman–Crippen LogP) is 0.0945. The number of nitrogens with one attached hydrogen (secondary N) is 1. The van der Waals surface area contributed by atoms with Gasteiger partial charge < -0.3 is 20.1 Å². The van der Waals surface area contributed by atoms with Gasteiger partial charge in [0.15, 0.2) is 0 Å². The summed E-state index contributed by atoms with van der Waals surface area (Å²) in [7, 11) is 0. The Kier molecular flexibility index (Phi) is 4.53. The van der Waals surface area contributed by atoms with Gasteiger partial charge in [0.2, 0.25) is 5.91 Å². The van der Waals surface area contributed by atoms with Crippen LogP contribution in [0.15, 0.2) is 18.2 Å². The SMILES string of the molecule is O=C(Cc1cccc2c1CCNC2)N1CCOC(CO)C1. The Labute approximate surface area is 124 Å². The lowest BCUT2D eigenvalue weighted by Crippen LogP contribution is -2.47. The number of morpholine rings is 1. The Bertz CT molecular complexity index is 518. The highest BCUT2D eigenvalue weighted by Gasteiger charge is 2.24. The van der Waals surface area contributed by atoms with E-state index in [1.165, 1.54) is 11.1 Å². The summed E-state index contributed by atoms with van der Waals surface area (Å²) >= 11 is 0. The van der Waals surface area contributed by atoms with E-state index in [0.29, 0.717) is 26.1 Å². The summed E-state index contributed by atoms with van der Waals surface area (Å²) in [5, 5.41) is 12.5. The molecule has 0 aliphatic carbocycles. The number of ether oxygens (including phenoxy) is 1. The lowest BCUT2D eigenvalue weighted by Gasteiger charge is -2.32. The van der Waals surface area contributed by atoms with Crippen molar-refractivity contribution in [2.24, 2.45) is 0 Å². The lowest BCUT2D eigenvalue weighted by molar-refractivity contribution is -0.139. The predicted molar refractivity (Wildman–Crippen MR) is 79.0 cm³/mol. The quantitative estimate of drug-likeness (QED) is 0.828. The largest absolute Gasteiger partial charge is 0.394 e. The van der Waals surface area contributed by atoms with Gasteiger partial charge in [-0.15, -0.1) is 0 Å². The third-order valence-electron chi connectivity index (χ3n) is 4.27. The number of amides is 1. The van der Waals surface area contributed by atoms with Gasteiger partial charge in [-0.05, 0) is 29.7 Å². The molecule has 1 atom stereocenters. The number of carbonyl (C=O) groups is 1. The summed E-state index contributed by atoms with van der Waals surface area (Å²) in [4.78, 5) is 14.3. The molecule has 5 heteroatoms. The molecule has 1 fully saturated rings. The second kappa shape index (κ2) is 6.56. The van der Waals surface area contributed by atoms with Crippen LogP contribution < -0.4 is 5.32 Å². The van der Waals surface area contributed by atoms with Crippen molar-refractivity contribution in [3.63, 3.8) is 0 Å². The van der Waals surface area contributed by atoms with Gasteiger partial charge in [0.05, 0.1) is 25.7 Å². The smallest absolute Gasteiger partial charge is 0.227 e. The number of fused-ring (bicyclic) bond motifs is 1. The van der Waals surface area contributed by atoms with E-state index >= 15 is 0 Å². The average molecular weight is 290 g/mol. The molecule has 1 aromatic carbocycles. The zero-order chi connectivity index (χ0) is 14.7. The van der Waals surface area contributed by atoms with Crippen molar-refractivity contribution in [2.45, 2.75) is 25.5 Å². The molecule has 5 nitrogen and oxygen atoms in total. The summed E-state index contributed by atoms with van der Waals surface area (Å²) in [5.74, 6) is 0.128. The van der Waals surface area contributed by atoms with Gasteiger partial charge in [0.25, 0.3) is 0 Å². The van der Waals surface area contributed by atoms with Gasteiger partial charge in [-0.3, -0.25) is 4.79 Å². The molecule has 21 heavy (non-hydrogen) atoms. The number of aliphatic hydroxyl groups is 1. The maximum atomic E-state index is 12.5. The second-order valence-electron chi connectivity index (χ2n) is 5.67. The summed E-state index contributed by atoms with van der Waals surface area (Å²) in [6, 6.07) is 6.22. The minimum absolute atomic E-state index is 0.0316. The van der Waals surface area contributed by atoms with E-state index < -0.39 is 0 Å². The molecule has 1 saturated heterocycles. The first-order valence-corrected chi connectivity index (χ1v) is 7.58. The highest BCUT2D eigenvalue weighted by molar-refractivity contribution is 5.79. The topological polar surface area (TPSA) is 61.8 Å². The lowest BCUT2D eigenvalue weighted by atomic mass is 9.93. The molecule has 0 aromatic heterocycles. The highest BCUT2D eigenvalue weighted by Crippen LogP contribution is 2.20. The Morgan fingerprint density at radius 3 is 3.24 bits per heavy atom. The number of nitrogens with zero attached hydrogens (tertiary/aromatic N) is 1. The molecule has 2 heterocycles. The van der Waals surface area contributed by atoms with Crippen LogP contribution in [0.25, 0.3) is 0 Å². The molecule has 1 unspecified atom stereocenters. The molecule has 0 radical (unpaired) electrons. The van der Waals surface area contributed by atoms with Gasteiger partial charge >= 0.3 is 0 Å². The van der Waals surface area contributed by atoms with Crippen molar-refractivity contribution in [3.05, 3.63) is 34.9 Å². The summed E-state index contributed by atoms with van der Waals surface area (Å²) in [6.45, 7) is 3.45. The van der Waals surface area contributed by atoms with E-state index in [9.17, 15) is 4.79 Å². The molecular weight excluding hydrogens is 268 g/mol. The summed E-state index contributed by atoms with van der Waals surface area (Å²) < 4.78 is 5.40. The van der Waals surface area contributed by atoms with E-state index in [-0.39, 0.29) is 18.6 Å². The van der Waals surface area contributed by atoms with Crippen molar-refractivity contribution in [1.82, 2.24) is 10.2 Å². The number of hydrogen-bond donors (Lipinski definition) is 2. The molecule has 1 aromatic rings. The van der Waals surface area contributed by atoms with Crippen LogP contribution >= 0.6 is 0 Å². The maximum absolute atomic E-state index is 12.5. The van der Waals surface area contributed by atoms with Crippen LogP contribution in [0.5, 0.6) is 0 Å². The zero-order valence-electron chi connectivity index (χ0n) is 12.2. The van der Waals surface area contributed by atoms with Crippen LogP contribution in [0.1, 0.15) is 16.7 Å². The monoisotopic (exact) mass is 290 g/mol. The van der Waals surface area contributed by atoms with Gasteiger partial charge in [0.1, 0.15) is 0 Å². The summed E-state index contributed by atoms with van der Waals surface area (Å²) in [5.41, 5.74) is 3.78. The maximum Gasteiger partial charge on any atom is 0.227 e. The average Bonchev–Trinajstić information content (AvgIpc) is 2.55. The standard InChI is InChI=1S/C16H22N2O3/c19-11-14-10-18(6-7-21-14)16(20)8-12-2-1-3-13-9-17-5-4-15(12)13/h1-3,14,17,19H,4-11H2. The van der Waals surface area contributed by atoms with E-state index in [1.54, 1.807) is 0 Å². The number of rotatable bonds is 3. The first-order valence-electron chi connectivity index (χ1n) is 7.58. The van der Waals surface area contributed by atoms with Crippen molar-refractivity contribution < 1.29 is 14.6 Å². The molecule has 2 aliphatic heterocycles. The highest BCUT2D eigenvalue weighted by atomic mass is 16.5. The van der Waals surface area contributed by atoms with Crippen molar-refractivity contribution in [1.29, 1.82) is 0 Å². The van der Waals surface area contributed by atoms with E-state index in [1.807, 2.05) is 11.0 Å². The first-order chi connectivity index (χ1) is 10.3. The molecule has 114 valence electrons. The molecule has 1 amide bonds. The number of benzene rings is 1. The van der Waals surface area contributed by atoms with Crippen LogP contribution in [-0.2, 0) is 28.9 Å². The van der Waals surface area contributed by atoms with E-state index in [0.717, 1.165) is 25.1 Å². The zero-order valence-corrected chi connectivity index (χ0v) is 12.2. The minimum atomic E-state index is -0.239. The number of carbonyl (C=O) groups excluding carboxylic acids is 1. The fourth-order valence-electron chi connectivity index (χ4n) is 3.11. The Morgan fingerprint density at radius 2 is 2.38 bits per heavy atom. The van der Waals surface area contributed by atoms with Crippen LogP contribution in [0.3, 0.4) is 0 Å². The normalized spacial score (nSPS) is 22.0. The van der Waals surface area contributed by atoms with Crippen LogP contribution in [-0.4, -0.2) is 54.9 Å². The fourth-order valence-corrected chi connectivity index (χ4v) is 3.11. The second-order valence-corrected chi connectivity index (χ2v) is 5.67. The van der Waals surface area contributed by atoms with Crippen LogP contribution in [0, 0.1) is 0 Å². The minimum Gasteiger partial charge on any atom is -0.394 e. The Balaban J connectivity index is 1.70. The molecule has 3 rings (SSSR count). The molecule has 2 N–H and O–H groups in total. The molecule has 0 spiro atoms. The van der Waals surface area contributed by atoms with E-state index in [2.05, 4.69) is 17.4 Å². The van der Waals surface area contributed by atoms with Crippen molar-refractivity contribution in [2.75, 3.05) is 32.8 Å². The first kappa shape index (κ1) is 14.5. The van der Waals surface area contributed by atoms with Crippen molar-refractivity contribution >= 4 is 5.91 Å². The third-order valence-corrected chi connectivity index (χ3v) is 4.27. The number of hydrogen-bond acceptors (Lipinski definition) is 4. The van der Waals surface area contributed by atoms with Gasteiger partial charge in [-0.2, -0.15) is 0 Å². The van der Waals surface area contributed by atoms with Crippen LogP contribution in [0.4, 0.5) is 0 Å². The Morgan fingerprint density at radius 1 is 1.48 bits per heavy atom. The molecule has 0 bridgehead atoms. The van der Waals surface area contributed by atoms with E-state index in [4.69, 9.17) is 9.84 Å². The third kappa shape index (κ3) is 3.26. The fraction of sp³-hybridized carbons (Fsp3) is 0.562. The molecular formula is C16H22N2O3. The molecule has 2 aliphatic rings. The molecule has 0 saturated carbocycles. The van der Waals surface area contributed by atoms with Gasteiger partial charge in [-0.25, -0.2) is 0 Å². The Hall–Kier alpha value is -1.43. The van der Waals surface area contributed by atoms with Gasteiger partial charge in [0, 0.05) is 19.6 Å².